The molecule has 2 aromatic heterocycles. The largest absolute Gasteiger partial charge is 0.494 e. The number of fused-ring (bicyclic) bond motifs is 2. The lowest BCUT2D eigenvalue weighted by atomic mass is 10.1. The molecule has 0 N–H and O–H groups in total. The molecule has 0 bridgehead atoms. The summed E-state index contributed by atoms with van der Waals surface area (Å²) in [6, 6.07) is 12.5. The topological polar surface area (TPSA) is 73.8 Å². The molecule has 162 valence electrons. The summed E-state index contributed by atoms with van der Waals surface area (Å²) >= 11 is 7.75. The van der Waals surface area contributed by atoms with Crippen LogP contribution in [0.25, 0.3) is 10.2 Å². The van der Waals surface area contributed by atoms with E-state index in [1.807, 2.05) is 12.1 Å². The molecule has 3 heterocycles. The Kier molecular flexibility index (Phi) is 5.55. The number of thiazole rings is 1. The molecule has 0 unspecified atom stereocenters. The monoisotopic (exact) mass is 467 g/mol. The van der Waals surface area contributed by atoms with Gasteiger partial charge in [-0.05, 0) is 42.0 Å². The highest BCUT2D eigenvalue weighted by Gasteiger charge is 2.25. The van der Waals surface area contributed by atoms with Crippen molar-refractivity contribution in [2.24, 2.45) is 0 Å². The third kappa shape index (κ3) is 3.83. The van der Waals surface area contributed by atoms with Gasteiger partial charge >= 0.3 is 0 Å². The molecule has 0 fully saturated rings. The molecule has 32 heavy (non-hydrogen) atoms. The Bertz CT molecular complexity index is 1300. The SMILES string of the molecule is COc1ccc(Cl)c2sc(N(Cc3cccnc3)C(=O)c3ccc4c(c3)OCCO4)nc12. The zero-order chi connectivity index (χ0) is 22.1. The van der Waals surface area contributed by atoms with Crippen molar-refractivity contribution in [3.63, 3.8) is 0 Å². The van der Waals surface area contributed by atoms with Crippen LogP contribution in [0.5, 0.6) is 17.2 Å². The second-order valence-corrected chi connectivity index (χ2v) is 8.42. The summed E-state index contributed by atoms with van der Waals surface area (Å²) in [4.78, 5) is 24.2. The smallest absolute Gasteiger partial charge is 0.260 e. The highest BCUT2D eigenvalue weighted by molar-refractivity contribution is 7.23. The maximum atomic E-state index is 13.7. The van der Waals surface area contributed by atoms with Crippen molar-refractivity contribution in [3.05, 3.63) is 71.0 Å². The maximum Gasteiger partial charge on any atom is 0.260 e. The highest BCUT2D eigenvalue weighted by atomic mass is 35.5. The second kappa shape index (κ2) is 8.64. The van der Waals surface area contributed by atoms with Gasteiger partial charge in [-0.3, -0.25) is 14.7 Å². The Morgan fingerprint density at radius 1 is 1.19 bits per heavy atom. The number of hydrogen-bond donors (Lipinski definition) is 0. The first kappa shape index (κ1) is 20.5. The molecule has 0 spiro atoms. The molecule has 4 aromatic rings. The van der Waals surface area contributed by atoms with Crippen molar-refractivity contribution in [2.75, 3.05) is 25.2 Å². The first-order chi connectivity index (χ1) is 15.6. The number of aromatic nitrogens is 2. The number of carbonyl (C=O) groups excluding carboxylic acids is 1. The van der Waals surface area contributed by atoms with Gasteiger partial charge in [-0.25, -0.2) is 4.98 Å². The molecule has 7 nitrogen and oxygen atoms in total. The summed E-state index contributed by atoms with van der Waals surface area (Å²) in [7, 11) is 1.58. The number of hydrogen-bond acceptors (Lipinski definition) is 7. The second-order valence-electron chi connectivity index (χ2n) is 7.03. The summed E-state index contributed by atoms with van der Waals surface area (Å²) in [6.07, 6.45) is 3.42. The van der Waals surface area contributed by atoms with Crippen LogP contribution in [0, 0.1) is 0 Å². The maximum absolute atomic E-state index is 13.7. The van der Waals surface area contributed by atoms with Crippen LogP contribution in [0.2, 0.25) is 5.02 Å². The molecule has 5 rings (SSSR count). The highest BCUT2D eigenvalue weighted by Crippen LogP contribution is 2.40. The molecule has 0 radical (unpaired) electrons. The molecule has 2 aromatic carbocycles. The van der Waals surface area contributed by atoms with Crippen LogP contribution in [-0.4, -0.2) is 36.2 Å². The van der Waals surface area contributed by atoms with Crippen molar-refractivity contribution in [1.82, 2.24) is 9.97 Å². The average Bonchev–Trinajstić information content (AvgIpc) is 3.29. The molecule has 1 aliphatic heterocycles. The number of benzene rings is 2. The zero-order valence-electron chi connectivity index (χ0n) is 17.1. The third-order valence-corrected chi connectivity index (χ3v) is 6.53. The third-order valence-electron chi connectivity index (χ3n) is 5.00. The molecular formula is C23H18ClN3O4S. The Morgan fingerprint density at radius 3 is 2.81 bits per heavy atom. The number of pyridine rings is 1. The van der Waals surface area contributed by atoms with Gasteiger partial charge in [0.15, 0.2) is 16.6 Å². The number of amides is 1. The lowest BCUT2D eigenvalue weighted by molar-refractivity contribution is 0.0984. The fraction of sp³-hybridized carbons (Fsp3) is 0.174. The molecule has 1 aliphatic rings. The lowest BCUT2D eigenvalue weighted by Crippen LogP contribution is -2.30. The Morgan fingerprint density at radius 2 is 2.03 bits per heavy atom. The molecule has 0 saturated heterocycles. The number of methoxy groups -OCH3 is 1. The van der Waals surface area contributed by atoms with Crippen LogP contribution < -0.4 is 19.1 Å². The van der Waals surface area contributed by atoms with E-state index in [2.05, 4.69) is 4.98 Å². The minimum absolute atomic E-state index is 0.222. The van der Waals surface area contributed by atoms with Gasteiger partial charge in [0.1, 0.15) is 24.5 Å². The van der Waals surface area contributed by atoms with E-state index >= 15 is 0 Å². The summed E-state index contributed by atoms with van der Waals surface area (Å²) < 4.78 is 17.4. The first-order valence-corrected chi connectivity index (χ1v) is 11.1. The van der Waals surface area contributed by atoms with Gasteiger partial charge < -0.3 is 14.2 Å². The summed E-state index contributed by atoms with van der Waals surface area (Å²) in [5.74, 6) is 1.56. The fourth-order valence-electron chi connectivity index (χ4n) is 3.45. The van der Waals surface area contributed by atoms with Gasteiger partial charge in [0.2, 0.25) is 0 Å². The van der Waals surface area contributed by atoms with Crippen LogP contribution in [0.15, 0.2) is 54.9 Å². The van der Waals surface area contributed by atoms with Crippen LogP contribution in [-0.2, 0) is 6.54 Å². The van der Waals surface area contributed by atoms with Gasteiger partial charge in [0.05, 0.1) is 23.4 Å². The van der Waals surface area contributed by atoms with Crippen LogP contribution >= 0.6 is 22.9 Å². The summed E-state index contributed by atoms with van der Waals surface area (Å²) in [5, 5.41) is 1.06. The Labute approximate surface area is 193 Å². The van der Waals surface area contributed by atoms with E-state index in [0.717, 1.165) is 10.3 Å². The lowest BCUT2D eigenvalue weighted by Gasteiger charge is -2.22. The quantitative estimate of drug-likeness (QED) is 0.412. The minimum Gasteiger partial charge on any atom is -0.494 e. The van der Waals surface area contributed by atoms with Gasteiger partial charge in [-0.15, -0.1) is 0 Å². The van der Waals surface area contributed by atoms with Gasteiger partial charge in [0, 0.05) is 18.0 Å². The van der Waals surface area contributed by atoms with E-state index in [9.17, 15) is 4.79 Å². The number of carbonyl (C=O) groups is 1. The summed E-state index contributed by atoms with van der Waals surface area (Å²) in [5.41, 5.74) is 1.96. The normalized spacial score (nSPS) is 12.6. The molecule has 0 saturated carbocycles. The fourth-order valence-corrected chi connectivity index (χ4v) is 4.71. The van der Waals surface area contributed by atoms with E-state index in [1.165, 1.54) is 11.3 Å². The van der Waals surface area contributed by atoms with E-state index < -0.39 is 0 Å². The van der Waals surface area contributed by atoms with Crippen molar-refractivity contribution in [2.45, 2.75) is 6.54 Å². The number of halogens is 1. The standard InChI is InChI=1S/C23H18ClN3O4S/c1-29-18-7-5-16(24)21-20(18)26-23(32-21)27(13-14-3-2-8-25-12-14)22(28)15-4-6-17-19(11-15)31-10-9-30-17/h2-8,11-12H,9-10,13H2,1H3. The van der Waals surface area contributed by atoms with Gasteiger partial charge in [0.25, 0.3) is 5.91 Å². The minimum atomic E-state index is -0.222. The predicted molar refractivity (Wildman–Crippen MR) is 123 cm³/mol. The van der Waals surface area contributed by atoms with E-state index in [4.69, 9.17) is 30.8 Å². The number of anilines is 1. The van der Waals surface area contributed by atoms with E-state index in [-0.39, 0.29) is 5.91 Å². The predicted octanol–water partition coefficient (Wildman–Crippen LogP) is 4.97. The van der Waals surface area contributed by atoms with Crippen LogP contribution in [0.3, 0.4) is 0 Å². The van der Waals surface area contributed by atoms with Crippen molar-refractivity contribution in [3.8, 4) is 17.2 Å². The van der Waals surface area contributed by atoms with Gasteiger partial charge in [-0.2, -0.15) is 0 Å². The molecule has 0 aliphatic carbocycles. The molecule has 0 atom stereocenters. The molecule has 1 amide bonds. The number of ether oxygens (including phenoxy) is 3. The van der Waals surface area contributed by atoms with E-state index in [1.54, 1.807) is 54.7 Å². The van der Waals surface area contributed by atoms with E-state index in [0.29, 0.717) is 58.2 Å². The molecule has 9 heteroatoms. The summed E-state index contributed by atoms with van der Waals surface area (Å²) in [6.45, 7) is 1.22. The average molecular weight is 468 g/mol. The number of rotatable bonds is 5. The van der Waals surface area contributed by atoms with Crippen molar-refractivity contribution in [1.29, 1.82) is 0 Å². The number of nitrogens with zero attached hydrogens (tertiary/aromatic N) is 3. The van der Waals surface area contributed by atoms with Gasteiger partial charge in [-0.1, -0.05) is 29.0 Å². The Hall–Kier alpha value is -3.36. The Balaban J connectivity index is 1.59. The van der Waals surface area contributed by atoms with Crippen LogP contribution in [0.1, 0.15) is 15.9 Å². The van der Waals surface area contributed by atoms with Crippen LogP contribution in [0.4, 0.5) is 5.13 Å². The van der Waals surface area contributed by atoms with Crippen molar-refractivity contribution < 1.29 is 19.0 Å². The zero-order valence-corrected chi connectivity index (χ0v) is 18.7. The van der Waals surface area contributed by atoms with Crippen molar-refractivity contribution >= 4 is 44.2 Å². The molecular weight excluding hydrogens is 450 g/mol. The first-order valence-electron chi connectivity index (χ1n) is 9.87.